The molecule has 27 heavy (non-hydrogen) atoms. The number of nitrogens with zero attached hydrogens (tertiary/aromatic N) is 2. The van der Waals surface area contributed by atoms with Gasteiger partial charge in [-0.25, -0.2) is 4.98 Å². The summed E-state index contributed by atoms with van der Waals surface area (Å²) >= 11 is 0. The zero-order valence-corrected chi connectivity index (χ0v) is 14.5. The first-order valence-electron chi connectivity index (χ1n) is 8.58. The summed E-state index contributed by atoms with van der Waals surface area (Å²) in [5, 5.41) is 3.86. The predicted octanol–water partition coefficient (Wildman–Crippen LogP) is 4.46. The molecule has 0 saturated carbocycles. The predicted molar refractivity (Wildman–Crippen MR) is 105 cm³/mol. The number of carbonyl (C=O) groups is 1. The van der Waals surface area contributed by atoms with E-state index < -0.39 is 0 Å². The van der Waals surface area contributed by atoms with Crippen molar-refractivity contribution < 1.29 is 9.53 Å². The monoisotopic (exact) mass is 355 g/mol. The summed E-state index contributed by atoms with van der Waals surface area (Å²) in [5.41, 5.74) is 2.65. The normalized spacial score (nSPS) is 10.5. The number of rotatable bonds is 5. The van der Waals surface area contributed by atoms with Crippen molar-refractivity contribution in [1.29, 1.82) is 0 Å². The Morgan fingerprint density at radius 1 is 0.926 bits per heavy atom. The van der Waals surface area contributed by atoms with Gasteiger partial charge in [-0.15, -0.1) is 0 Å². The number of pyridine rings is 2. The van der Waals surface area contributed by atoms with E-state index in [0.717, 1.165) is 16.6 Å². The zero-order chi connectivity index (χ0) is 18.5. The van der Waals surface area contributed by atoms with Gasteiger partial charge in [-0.3, -0.25) is 9.78 Å². The molecule has 0 radical (unpaired) electrons. The van der Waals surface area contributed by atoms with Crippen LogP contribution in [-0.4, -0.2) is 15.9 Å². The summed E-state index contributed by atoms with van der Waals surface area (Å²) in [6.45, 7) is 0.366. The second-order valence-electron chi connectivity index (χ2n) is 5.98. The number of anilines is 1. The number of benzene rings is 2. The molecule has 5 heteroatoms. The lowest BCUT2D eigenvalue weighted by molar-refractivity contribution is 0.102. The van der Waals surface area contributed by atoms with Crippen LogP contribution in [0, 0.1) is 0 Å². The first-order chi connectivity index (χ1) is 13.3. The summed E-state index contributed by atoms with van der Waals surface area (Å²) in [6.07, 6.45) is 1.73. The van der Waals surface area contributed by atoms with Crippen molar-refractivity contribution in [3.05, 3.63) is 96.4 Å². The molecule has 0 aliphatic heterocycles. The van der Waals surface area contributed by atoms with Gasteiger partial charge in [-0.2, -0.15) is 0 Å². The molecule has 5 nitrogen and oxygen atoms in total. The van der Waals surface area contributed by atoms with Crippen LogP contribution in [0.15, 0.2) is 85.1 Å². The Hall–Kier alpha value is -3.73. The standard InChI is InChI=1S/C22H17N3O2/c26-22(21-12-11-16-6-1-2-10-20(16)25-21)24-17-8-5-9-19(14-17)27-15-18-7-3-4-13-23-18/h1-14H,15H2,(H,24,26). The lowest BCUT2D eigenvalue weighted by Crippen LogP contribution is -2.13. The average Bonchev–Trinajstić information content (AvgIpc) is 2.73. The summed E-state index contributed by atoms with van der Waals surface area (Å²) in [5.74, 6) is 0.396. The summed E-state index contributed by atoms with van der Waals surface area (Å²) in [4.78, 5) is 21.2. The Morgan fingerprint density at radius 3 is 2.70 bits per heavy atom. The number of nitrogens with one attached hydrogen (secondary N) is 1. The van der Waals surface area contributed by atoms with E-state index in [4.69, 9.17) is 4.74 Å². The number of fused-ring (bicyclic) bond motifs is 1. The van der Waals surface area contributed by atoms with Crippen LogP contribution >= 0.6 is 0 Å². The fraction of sp³-hybridized carbons (Fsp3) is 0.0455. The molecule has 4 rings (SSSR count). The Morgan fingerprint density at radius 2 is 1.81 bits per heavy atom. The highest BCUT2D eigenvalue weighted by atomic mass is 16.5. The first kappa shape index (κ1) is 16.7. The van der Waals surface area contributed by atoms with Crippen LogP contribution in [-0.2, 0) is 6.61 Å². The second-order valence-corrected chi connectivity index (χ2v) is 5.98. The molecular weight excluding hydrogens is 338 g/mol. The van der Waals surface area contributed by atoms with Crippen LogP contribution < -0.4 is 10.1 Å². The molecule has 0 spiro atoms. The van der Waals surface area contributed by atoms with E-state index in [2.05, 4.69) is 15.3 Å². The number of carbonyl (C=O) groups excluding carboxylic acids is 1. The lowest BCUT2D eigenvalue weighted by atomic mass is 10.2. The van der Waals surface area contributed by atoms with Crippen molar-refractivity contribution in [2.75, 3.05) is 5.32 Å². The number of amides is 1. The van der Waals surface area contributed by atoms with Crippen LogP contribution in [0.5, 0.6) is 5.75 Å². The largest absolute Gasteiger partial charge is 0.487 e. The Bertz CT molecular complexity index is 1080. The molecule has 132 valence electrons. The molecular formula is C22H17N3O2. The van der Waals surface area contributed by atoms with Gasteiger partial charge in [0.2, 0.25) is 0 Å². The fourth-order valence-electron chi connectivity index (χ4n) is 2.69. The van der Waals surface area contributed by atoms with Crippen molar-refractivity contribution in [1.82, 2.24) is 9.97 Å². The van der Waals surface area contributed by atoms with Crippen molar-refractivity contribution >= 4 is 22.5 Å². The van der Waals surface area contributed by atoms with Crippen LogP contribution in [0.4, 0.5) is 5.69 Å². The van der Waals surface area contributed by atoms with Gasteiger partial charge in [0.15, 0.2) is 0 Å². The molecule has 2 heterocycles. The van der Waals surface area contributed by atoms with Gasteiger partial charge >= 0.3 is 0 Å². The minimum Gasteiger partial charge on any atom is -0.487 e. The molecule has 2 aromatic heterocycles. The maximum Gasteiger partial charge on any atom is 0.274 e. The van der Waals surface area contributed by atoms with E-state index in [0.29, 0.717) is 23.7 Å². The van der Waals surface area contributed by atoms with Crippen LogP contribution in [0.3, 0.4) is 0 Å². The number of ether oxygens (including phenoxy) is 1. The number of para-hydroxylation sites is 1. The molecule has 1 N–H and O–H groups in total. The maximum absolute atomic E-state index is 12.5. The summed E-state index contributed by atoms with van der Waals surface area (Å²) in [6, 6.07) is 24.3. The summed E-state index contributed by atoms with van der Waals surface area (Å²) < 4.78 is 5.75. The third kappa shape index (κ3) is 4.10. The second kappa shape index (κ2) is 7.66. The molecule has 1 amide bonds. The van der Waals surface area contributed by atoms with Crippen LogP contribution in [0.25, 0.3) is 10.9 Å². The summed E-state index contributed by atoms with van der Waals surface area (Å²) in [7, 11) is 0. The molecule has 0 fully saturated rings. The van der Waals surface area contributed by atoms with Crippen molar-refractivity contribution in [3.63, 3.8) is 0 Å². The minimum absolute atomic E-state index is 0.261. The van der Waals surface area contributed by atoms with Gasteiger partial charge in [0, 0.05) is 23.3 Å². The minimum atomic E-state index is -0.261. The molecule has 0 unspecified atom stereocenters. The number of hydrogen-bond donors (Lipinski definition) is 1. The molecule has 0 aliphatic rings. The Kier molecular flexibility index (Phi) is 4.74. The van der Waals surface area contributed by atoms with Crippen molar-refractivity contribution in [2.24, 2.45) is 0 Å². The zero-order valence-electron chi connectivity index (χ0n) is 14.5. The van der Waals surface area contributed by atoms with Gasteiger partial charge < -0.3 is 10.1 Å². The van der Waals surface area contributed by atoms with Crippen molar-refractivity contribution in [3.8, 4) is 5.75 Å². The van der Waals surface area contributed by atoms with Gasteiger partial charge in [-0.1, -0.05) is 36.4 Å². The highest BCUT2D eigenvalue weighted by Gasteiger charge is 2.09. The molecule has 0 bridgehead atoms. The third-order valence-corrected chi connectivity index (χ3v) is 4.04. The SMILES string of the molecule is O=C(Nc1cccc(OCc2ccccn2)c1)c1ccc2ccccc2n1. The topological polar surface area (TPSA) is 64.1 Å². The van der Waals surface area contributed by atoms with Crippen LogP contribution in [0.1, 0.15) is 16.2 Å². The van der Waals surface area contributed by atoms with E-state index >= 15 is 0 Å². The highest BCUT2D eigenvalue weighted by Crippen LogP contribution is 2.19. The highest BCUT2D eigenvalue weighted by molar-refractivity contribution is 6.04. The molecule has 0 atom stereocenters. The smallest absolute Gasteiger partial charge is 0.274 e. The maximum atomic E-state index is 12.5. The van der Waals surface area contributed by atoms with E-state index in [1.807, 2.05) is 66.7 Å². The average molecular weight is 355 g/mol. The first-order valence-corrected chi connectivity index (χ1v) is 8.58. The van der Waals surface area contributed by atoms with Gasteiger partial charge in [-0.05, 0) is 36.4 Å². The molecule has 2 aromatic carbocycles. The Labute approximate surface area is 156 Å². The third-order valence-electron chi connectivity index (χ3n) is 4.04. The van der Waals surface area contributed by atoms with Gasteiger partial charge in [0.25, 0.3) is 5.91 Å². The van der Waals surface area contributed by atoms with Crippen LogP contribution in [0.2, 0.25) is 0 Å². The number of aromatic nitrogens is 2. The van der Waals surface area contributed by atoms with E-state index in [9.17, 15) is 4.79 Å². The van der Waals surface area contributed by atoms with Gasteiger partial charge in [0.1, 0.15) is 18.1 Å². The van der Waals surface area contributed by atoms with E-state index in [1.54, 1.807) is 18.3 Å². The quantitative estimate of drug-likeness (QED) is 0.574. The number of hydrogen-bond acceptors (Lipinski definition) is 4. The van der Waals surface area contributed by atoms with Crippen molar-refractivity contribution in [2.45, 2.75) is 6.61 Å². The molecule has 4 aromatic rings. The lowest BCUT2D eigenvalue weighted by Gasteiger charge is -2.09. The van der Waals surface area contributed by atoms with E-state index in [-0.39, 0.29) is 5.91 Å². The molecule has 0 saturated heterocycles. The molecule has 0 aliphatic carbocycles. The van der Waals surface area contributed by atoms with E-state index in [1.165, 1.54) is 0 Å². The van der Waals surface area contributed by atoms with Gasteiger partial charge in [0.05, 0.1) is 11.2 Å². The Balaban J connectivity index is 1.46. The fourth-order valence-corrected chi connectivity index (χ4v) is 2.69.